The van der Waals surface area contributed by atoms with Gasteiger partial charge in [-0.05, 0) is 25.7 Å². The average molecular weight is 286 g/mol. The van der Waals surface area contributed by atoms with Crippen LogP contribution in [0.5, 0.6) is 0 Å². The summed E-state index contributed by atoms with van der Waals surface area (Å²) in [5, 5.41) is 7.01. The molecule has 0 aromatic carbocycles. The minimum atomic E-state index is -0.260. The van der Waals surface area contributed by atoms with Crippen molar-refractivity contribution in [3.05, 3.63) is 36.2 Å². The van der Waals surface area contributed by atoms with E-state index >= 15 is 0 Å². The highest BCUT2D eigenvalue weighted by atomic mass is 16.5. The monoisotopic (exact) mass is 286 g/mol. The number of amides is 1. The summed E-state index contributed by atoms with van der Waals surface area (Å²) in [6.45, 7) is 1.14. The Kier molecular flexibility index (Phi) is 2.83. The average Bonchev–Trinajstić information content (AvgIpc) is 3.38. The van der Waals surface area contributed by atoms with Crippen molar-refractivity contribution in [3.8, 4) is 0 Å². The van der Waals surface area contributed by atoms with Crippen LogP contribution in [0.3, 0.4) is 0 Å². The van der Waals surface area contributed by atoms with Crippen LogP contribution >= 0.6 is 0 Å². The van der Waals surface area contributed by atoms with E-state index in [4.69, 9.17) is 4.52 Å². The molecule has 1 N–H and O–H groups in total. The zero-order valence-corrected chi connectivity index (χ0v) is 11.8. The summed E-state index contributed by atoms with van der Waals surface area (Å²) in [7, 11) is 0. The minimum absolute atomic E-state index is 0.104. The van der Waals surface area contributed by atoms with Gasteiger partial charge in [0.15, 0.2) is 0 Å². The fraction of sp³-hybridized carbons (Fsp3) is 0.533. The molecule has 0 saturated heterocycles. The number of carbonyl (C=O) groups is 1. The van der Waals surface area contributed by atoms with E-state index in [2.05, 4.69) is 15.5 Å². The van der Waals surface area contributed by atoms with Crippen molar-refractivity contribution in [2.75, 3.05) is 0 Å². The highest BCUT2D eigenvalue weighted by molar-refractivity contribution is 5.85. The van der Waals surface area contributed by atoms with E-state index in [1.165, 1.54) is 12.8 Å². The van der Waals surface area contributed by atoms with E-state index in [0.717, 1.165) is 24.3 Å². The van der Waals surface area contributed by atoms with E-state index in [-0.39, 0.29) is 11.3 Å². The molecule has 2 aromatic heterocycles. The molecule has 2 aliphatic carbocycles. The third-order valence-corrected chi connectivity index (χ3v) is 4.37. The largest absolute Gasteiger partial charge is 0.361 e. The molecular weight excluding hydrogens is 268 g/mol. The zero-order chi connectivity index (χ0) is 14.3. The fourth-order valence-electron chi connectivity index (χ4n) is 2.67. The number of hydrogen-bond donors (Lipinski definition) is 1. The summed E-state index contributed by atoms with van der Waals surface area (Å²) in [6, 6.07) is 1.97. The molecule has 6 heteroatoms. The second-order valence-corrected chi connectivity index (χ2v) is 6.19. The summed E-state index contributed by atoms with van der Waals surface area (Å²) in [5.41, 5.74) is 0.549. The maximum Gasteiger partial charge on any atom is 0.228 e. The van der Waals surface area contributed by atoms with Crippen molar-refractivity contribution >= 4 is 5.91 Å². The molecule has 4 rings (SSSR count). The Labute approximate surface area is 122 Å². The standard InChI is InChI=1S/C15H18N4O2/c20-14(15(3-4-15)9-19-6-5-16-10-19)17-8-12-7-13(21-18-12)11-1-2-11/h5-7,10-11H,1-4,8-9H2,(H,17,20). The van der Waals surface area contributed by atoms with E-state index in [9.17, 15) is 4.79 Å². The van der Waals surface area contributed by atoms with Gasteiger partial charge in [-0.15, -0.1) is 0 Å². The second kappa shape index (κ2) is 4.72. The van der Waals surface area contributed by atoms with Crippen LogP contribution in [-0.4, -0.2) is 20.6 Å². The van der Waals surface area contributed by atoms with Crippen molar-refractivity contribution in [1.29, 1.82) is 0 Å². The molecule has 2 saturated carbocycles. The number of hydrogen-bond acceptors (Lipinski definition) is 4. The molecular formula is C15H18N4O2. The summed E-state index contributed by atoms with van der Waals surface area (Å²) in [4.78, 5) is 16.4. The lowest BCUT2D eigenvalue weighted by molar-refractivity contribution is -0.127. The summed E-state index contributed by atoms with van der Waals surface area (Å²) >= 11 is 0. The number of rotatable bonds is 6. The van der Waals surface area contributed by atoms with Crippen molar-refractivity contribution < 1.29 is 9.32 Å². The van der Waals surface area contributed by atoms with Crippen LogP contribution < -0.4 is 5.32 Å². The SMILES string of the molecule is O=C(NCc1cc(C2CC2)on1)C1(Cn2ccnc2)CC1. The van der Waals surface area contributed by atoms with Gasteiger partial charge >= 0.3 is 0 Å². The molecule has 0 bridgehead atoms. The van der Waals surface area contributed by atoms with Crippen LogP contribution in [-0.2, 0) is 17.9 Å². The maximum atomic E-state index is 12.4. The van der Waals surface area contributed by atoms with Gasteiger partial charge in [0.05, 0.1) is 18.3 Å². The van der Waals surface area contributed by atoms with Crippen molar-refractivity contribution in [2.45, 2.75) is 44.7 Å². The quantitative estimate of drug-likeness (QED) is 0.879. The van der Waals surface area contributed by atoms with Crippen LogP contribution in [0.25, 0.3) is 0 Å². The first-order valence-electron chi connectivity index (χ1n) is 7.45. The van der Waals surface area contributed by atoms with Gasteiger partial charge in [0.25, 0.3) is 0 Å². The van der Waals surface area contributed by atoms with Crippen molar-refractivity contribution in [2.24, 2.45) is 5.41 Å². The molecule has 21 heavy (non-hydrogen) atoms. The second-order valence-electron chi connectivity index (χ2n) is 6.19. The molecule has 2 heterocycles. The van der Waals surface area contributed by atoms with Crippen LogP contribution in [0.2, 0.25) is 0 Å². The van der Waals surface area contributed by atoms with Crippen LogP contribution in [0.4, 0.5) is 0 Å². The summed E-state index contributed by atoms with van der Waals surface area (Å²) < 4.78 is 7.26. The Hall–Kier alpha value is -2.11. The first-order valence-corrected chi connectivity index (χ1v) is 7.45. The molecule has 0 aliphatic heterocycles. The Bertz CT molecular complexity index is 638. The molecule has 0 radical (unpaired) electrons. The van der Waals surface area contributed by atoms with Gasteiger partial charge in [-0.25, -0.2) is 4.98 Å². The number of carbonyl (C=O) groups excluding carboxylic acids is 1. The normalized spacial score (nSPS) is 19.4. The molecule has 0 unspecified atom stereocenters. The molecule has 6 nitrogen and oxygen atoms in total. The Morgan fingerprint density at radius 3 is 3.00 bits per heavy atom. The summed E-state index contributed by atoms with van der Waals surface area (Å²) in [6.07, 6.45) is 9.64. The molecule has 2 fully saturated rings. The Morgan fingerprint density at radius 1 is 1.48 bits per heavy atom. The predicted octanol–water partition coefficient (Wildman–Crippen LogP) is 1.85. The third kappa shape index (κ3) is 2.57. The molecule has 0 atom stereocenters. The van der Waals surface area contributed by atoms with Gasteiger partial charge < -0.3 is 14.4 Å². The van der Waals surface area contributed by atoms with Crippen LogP contribution in [0.15, 0.2) is 29.3 Å². The van der Waals surface area contributed by atoms with Crippen molar-refractivity contribution in [1.82, 2.24) is 20.0 Å². The topological polar surface area (TPSA) is 73.0 Å². The third-order valence-electron chi connectivity index (χ3n) is 4.37. The molecule has 2 aliphatic rings. The smallest absolute Gasteiger partial charge is 0.228 e. The Balaban J connectivity index is 1.34. The number of nitrogens with one attached hydrogen (secondary N) is 1. The van der Waals surface area contributed by atoms with Gasteiger partial charge in [0, 0.05) is 30.9 Å². The van der Waals surface area contributed by atoms with E-state index in [0.29, 0.717) is 19.0 Å². The highest BCUT2D eigenvalue weighted by Gasteiger charge is 2.49. The van der Waals surface area contributed by atoms with Gasteiger partial charge in [-0.1, -0.05) is 5.16 Å². The van der Waals surface area contributed by atoms with E-state index in [1.54, 1.807) is 12.5 Å². The van der Waals surface area contributed by atoms with E-state index < -0.39 is 0 Å². The van der Waals surface area contributed by atoms with Gasteiger partial charge in [0.1, 0.15) is 11.5 Å². The molecule has 0 spiro atoms. The minimum Gasteiger partial charge on any atom is -0.361 e. The molecule has 1 amide bonds. The number of aromatic nitrogens is 3. The van der Waals surface area contributed by atoms with Gasteiger partial charge in [-0.2, -0.15) is 0 Å². The lowest BCUT2D eigenvalue weighted by Gasteiger charge is -2.15. The van der Waals surface area contributed by atoms with Crippen LogP contribution in [0, 0.1) is 5.41 Å². The zero-order valence-electron chi connectivity index (χ0n) is 11.8. The fourth-order valence-corrected chi connectivity index (χ4v) is 2.67. The van der Waals surface area contributed by atoms with Crippen molar-refractivity contribution in [3.63, 3.8) is 0 Å². The lowest BCUT2D eigenvalue weighted by Crippen LogP contribution is -2.34. The predicted molar refractivity (Wildman–Crippen MR) is 74.2 cm³/mol. The lowest BCUT2D eigenvalue weighted by atomic mass is 10.1. The van der Waals surface area contributed by atoms with Gasteiger partial charge in [0.2, 0.25) is 5.91 Å². The molecule has 2 aromatic rings. The summed E-state index contributed by atoms with van der Waals surface area (Å²) in [5.74, 6) is 1.61. The Morgan fingerprint density at radius 2 is 2.33 bits per heavy atom. The molecule has 110 valence electrons. The maximum absolute atomic E-state index is 12.4. The van der Waals surface area contributed by atoms with Gasteiger partial charge in [-0.3, -0.25) is 4.79 Å². The first-order chi connectivity index (χ1) is 10.3. The van der Waals surface area contributed by atoms with Crippen LogP contribution in [0.1, 0.15) is 43.1 Å². The number of nitrogens with zero attached hydrogens (tertiary/aromatic N) is 3. The highest BCUT2D eigenvalue weighted by Crippen LogP contribution is 2.47. The number of imidazole rings is 1. The van der Waals surface area contributed by atoms with E-state index in [1.807, 2.05) is 16.8 Å². The first kappa shape index (κ1) is 12.6.